The quantitative estimate of drug-likeness (QED) is 0.540. The Labute approximate surface area is 88.0 Å². The number of hydrogen-bond acceptors (Lipinski definition) is 1. The van der Waals surface area contributed by atoms with Gasteiger partial charge in [-0.2, -0.15) is 0 Å². The molecule has 0 saturated heterocycles. The number of allylic oxidation sites excluding steroid dienone is 1. The van der Waals surface area contributed by atoms with Gasteiger partial charge in [-0.15, -0.1) is 39.5 Å². The molecule has 2 nitrogen and oxygen atoms in total. The molecule has 0 aromatic carbocycles. The normalized spacial score (nSPS) is 7.43. The highest BCUT2D eigenvalue weighted by Crippen LogP contribution is 1.92. The van der Waals surface area contributed by atoms with E-state index in [-0.39, 0.29) is 0 Å². The summed E-state index contributed by atoms with van der Waals surface area (Å²) in [5.41, 5.74) is 0.424. The lowest BCUT2D eigenvalue weighted by Gasteiger charge is -1.87. The SMILES string of the molecule is C=C.C=C.C=C.CCC=C(C)C(=O)O. The fourth-order valence-corrected chi connectivity index (χ4v) is 0.393. The first-order valence-electron chi connectivity index (χ1n) is 4.08. The molecule has 0 saturated carbocycles. The van der Waals surface area contributed by atoms with E-state index in [4.69, 9.17) is 5.11 Å². The zero-order valence-electron chi connectivity index (χ0n) is 9.38. The third-order valence-corrected chi connectivity index (χ3v) is 0.848. The summed E-state index contributed by atoms with van der Waals surface area (Å²) in [4.78, 5) is 10.0. The van der Waals surface area contributed by atoms with Gasteiger partial charge in [-0.1, -0.05) is 13.0 Å². The van der Waals surface area contributed by atoms with Gasteiger partial charge in [-0.25, -0.2) is 4.79 Å². The Morgan fingerprint density at radius 3 is 1.50 bits per heavy atom. The predicted molar refractivity (Wildman–Crippen MR) is 65.4 cm³/mol. The molecule has 0 rings (SSSR count). The minimum absolute atomic E-state index is 0.424. The molecule has 0 radical (unpaired) electrons. The Kier molecular flexibility index (Phi) is 49.1. The maximum Gasteiger partial charge on any atom is 0.330 e. The molecule has 82 valence electrons. The number of rotatable bonds is 2. The molecule has 2 heteroatoms. The molecule has 1 N–H and O–H groups in total. The van der Waals surface area contributed by atoms with Crippen molar-refractivity contribution in [3.8, 4) is 0 Å². The molecule has 0 aliphatic carbocycles. The van der Waals surface area contributed by atoms with E-state index in [0.717, 1.165) is 6.42 Å². The van der Waals surface area contributed by atoms with Gasteiger partial charge in [-0.05, 0) is 13.3 Å². The van der Waals surface area contributed by atoms with Gasteiger partial charge in [0.2, 0.25) is 0 Å². The molecular weight excluding hydrogens is 176 g/mol. The van der Waals surface area contributed by atoms with Gasteiger partial charge < -0.3 is 5.11 Å². The predicted octanol–water partition coefficient (Wildman–Crippen LogP) is 3.83. The van der Waals surface area contributed by atoms with Crippen LogP contribution in [0.15, 0.2) is 51.1 Å². The maximum atomic E-state index is 10.0. The first-order chi connectivity index (χ1) is 6.68. The van der Waals surface area contributed by atoms with Crippen LogP contribution in [-0.4, -0.2) is 11.1 Å². The van der Waals surface area contributed by atoms with Crippen LogP contribution in [0.1, 0.15) is 20.3 Å². The van der Waals surface area contributed by atoms with Crippen molar-refractivity contribution in [1.29, 1.82) is 0 Å². The van der Waals surface area contributed by atoms with Crippen molar-refractivity contribution >= 4 is 5.97 Å². The van der Waals surface area contributed by atoms with Crippen molar-refractivity contribution < 1.29 is 9.90 Å². The smallest absolute Gasteiger partial charge is 0.330 e. The first kappa shape index (κ1) is 22.9. The lowest BCUT2D eigenvalue weighted by atomic mass is 10.2. The Morgan fingerprint density at radius 2 is 1.43 bits per heavy atom. The van der Waals surface area contributed by atoms with Crippen LogP contribution in [0.5, 0.6) is 0 Å². The molecule has 0 heterocycles. The summed E-state index contributed by atoms with van der Waals surface area (Å²) < 4.78 is 0. The average Bonchev–Trinajstić information content (AvgIpc) is 2.27. The molecule has 14 heavy (non-hydrogen) atoms. The van der Waals surface area contributed by atoms with Gasteiger partial charge in [0.05, 0.1) is 0 Å². The third kappa shape index (κ3) is 31.5. The molecule has 0 fully saturated rings. The van der Waals surface area contributed by atoms with E-state index in [2.05, 4.69) is 39.5 Å². The van der Waals surface area contributed by atoms with E-state index in [9.17, 15) is 4.79 Å². The molecule has 0 unspecified atom stereocenters. The largest absolute Gasteiger partial charge is 0.478 e. The van der Waals surface area contributed by atoms with Crippen molar-refractivity contribution in [3.63, 3.8) is 0 Å². The Hall–Kier alpha value is -1.57. The minimum Gasteiger partial charge on any atom is -0.478 e. The summed E-state index contributed by atoms with van der Waals surface area (Å²) in [6.45, 7) is 21.5. The van der Waals surface area contributed by atoms with Crippen molar-refractivity contribution in [2.45, 2.75) is 20.3 Å². The summed E-state index contributed by atoms with van der Waals surface area (Å²) in [7, 11) is 0. The van der Waals surface area contributed by atoms with Gasteiger partial charge in [0.1, 0.15) is 0 Å². The number of hydrogen-bond donors (Lipinski definition) is 1. The van der Waals surface area contributed by atoms with Crippen LogP contribution in [0.2, 0.25) is 0 Å². The molecule has 0 aliphatic heterocycles. The summed E-state index contributed by atoms with van der Waals surface area (Å²) in [5.74, 6) is -0.827. The van der Waals surface area contributed by atoms with E-state index in [1.807, 2.05) is 6.92 Å². The second kappa shape index (κ2) is 30.1. The molecule has 0 aromatic heterocycles. The number of carbonyl (C=O) groups is 1. The van der Waals surface area contributed by atoms with Crippen molar-refractivity contribution in [2.75, 3.05) is 0 Å². The van der Waals surface area contributed by atoms with Gasteiger partial charge in [0.15, 0.2) is 0 Å². The van der Waals surface area contributed by atoms with Crippen molar-refractivity contribution in [1.82, 2.24) is 0 Å². The summed E-state index contributed by atoms with van der Waals surface area (Å²) in [5, 5.41) is 8.24. The topological polar surface area (TPSA) is 37.3 Å². The van der Waals surface area contributed by atoms with Gasteiger partial charge in [0, 0.05) is 5.57 Å². The zero-order valence-corrected chi connectivity index (χ0v) is 9.38. The highest BCUT2D eigenvalue weighted by atomic mass is 16.4. The van der Waals surface area contributed by atoms with Crippen LogP contribution in [-0.2, 0) is 4.79 Å². The fourth-order valence-electron chi connectivity index (χ4n) is 0.393. The summed E-state index contributed by atoms with van der Waals surface area (Å²) >= 11 is 0. The van der Waals surface area contributed by atoms with E-state index >= 15 is 0 Å². The standard InChI is InChI=1S/C6H10O2.3C2H4/c1-3-4-5(2)6(7)8;3*1-2/h4H,3H2,1-2H3,(H,7,8);3*1-2H2. The van der Waals surface area contributed by atoms with E-state index < -0.39 is 5.97 Å². The second-order valence-electron chi connectivity index (χ2n) is 1.60. The average molecular weight is 198 g/mol. The zero-order chi connectivity index (χ0) is 12.6. The third-order valence-electron chi connectivity index (χ3n) is 0.848. The Bertz CT molecular complexity index is 144. The van der Waals surface area contributed by atoms with Gasteiger partial charge >= 0.3 is 5.97 Å². The maximum absolute atomic E-state index is 10.0. The van der Waals surface area contributed by atoms with Crippen LogP contribution in [0, 0.1) is 0 Å². The Morgan fingerprint density at radius 1 is 1.14 bits per heavy atom. The van der Waals surface area contributed by atoms with Crippen molar-refractivity contribution in [3.05, 3.63) is 51.1 Å². The summed E-state index contributed by atoms with van der Waals surface area (Å²) in [6, 6.07) is 0. The second-order valence-corrected chi connectivity index (χ2v) is 1.60. The fraction of sp³-hybridized carbons (Fsp3) is 0.250. The van der Waals surface area contributed by atoms with E-state index in [0.29, 0.717) is 5.57 Å². The first-order valence-corrected chi connectivity index (χ1v) is 4.08. The Balaban J connectivity index is -0.0000000708. The number of carboxylic acids is 1. The van der Waals surface area contributed by atoms with Crippen LogP contribution in [0.3, 0.4) is 0 Å². The molecular formula is C12H22O2. The molecule has 0 bridgehead atoms. The van der Waals surface area contributed by atoms with Crippen LogP contribution in [0.25, 0.3) is 0 Å². The summed E-state index contributed by atoms with van der Waals surface area (Å²) in [6.07, 6.45) is 2.47. The lowest BCUT2D eigenvalue weighted by Crippen LogP contribution is -1.94. The van der Waals surface area contributed by atoms with Crippen LogP contribution in [0.4, 0.5) is 0 Å². The monoisotopic (exact) mass is 198 g/mol. The number of carboxylic acid groups (broad SMARTS) is 1. The van der Waals surface area contributed by atoms with E-state index in [1.54, 1.807) is 13.0 Å². The molecule has 0 amide bonds. The van der Waals surface area contributed by atoms with Gasteiger partial charge in [-0.3, -0.25) is 0 Å². The molecule has 0 atom stereocenters. The van der Waals surface area contributed by atoms with Crippen LogP contribution < -0.4 is 0 Å². The van der Waals surface area contributed by atoms with Crippen LogP contribution >= 0.6 is 0 Å². The highest BCUT2D eigenvalue weighted by molar-refractivity contribution is 5.85. The van der Waals surface area contributed by atoms with Gasteiger partial charge in [0.25, 0.3) is 0 Å². The highest BCUT2D eigenvalue weighted by Gasteiger charge is 1.94. The lowest BCUT2D eigenvalue weighted by molar-refractivity contribution is -0.132. The van der Waals surface area contributed by atoms with Crippen molar-refractivity contribution in [2.24, 2.45) is 0 Å². The minimum atomic E-state index is -0.827. The number of aliphatic carboxylic acids is 1. The molecule has 0 aliphatic rings. The molecule has 0 aromatic rings. The van der Waals surface area contributed by atoms with E-state index in [1.165, 1.54) is 0 Å². The molecule has 0 spiro atoms.